The van der Waals surface area contributed by atoms with Gasteiger partial charge in [-0.15, -0.1) is 0 Å². The highest BCUT2D eigenvalue weighted by Gasteiger charge is 2.23. The van der Waals surface area contributed by atoms with E-state index in [2.05, 4.69) is 17.0 Å². The molecule has 1 amide bonds. The van der Waals surface area contributed by atoms with Gasteiger partial charge in [-0.05, 0) is 20.6 Å². The van der Waals surface area contributed by atoms with Gasteiger partial charge in [0.15, 0.2) is 0 Å². The Morgan fingerprint density at radius 3 is 2.22 bits per heavy atom. The molecule has 0 bridgehead atoms. The number of hydrogen-bond donors (Lipinski definition) is 1. The summed E-state index contributed by atoms with van der Waals surface area (Å²) in [6, 6.07) is 0. The van der Waals surface area contributed by atoms with Crippen LogP contribution in [0.1, 0.15) is 13.8 Å². The van der Waals surface area contributed by atoms with Gasteiger partial charge in [0.05, 0.1) is 0 Å². The van der Waals surface area contributed by atoms with E-state index in [1.807, 2.05) is 0 Å². The van der Waals surface area contributed by atoms with Crippen molar-refractivity contribution >= 4 is 12.6 Å². The van der Waals surface area contributed by atoms with Gasteiger partial charge in [-0.2, -0.15) is 0 Å². The standard InChI is InChI=1S/C6H12N2O/c1-6(2,8-4)5(9)7-3/h4H2,1-3H3,(H,7,9). The Morgan fingerprint density at radius 1 is 1.67 bits per heavy atom. The minimum absolute atomic E-state index is 0.113. The maximum Gasteiger partial charge on any atom is 0.247 e. The number of aliphatic imine (C=N–C) groups is 1. The molecular formula is C6H12N2O. The van der Waals surface area contributed by atoms with Gasteiger partial charge >= 0.3 is 0 Å². The Balaban J connectivity index is 4.14. The van der Waals surface area contributed by atoms with Crippen LogP contribution in [-0.4, -0.2) is 25.2 Å². The minimum Gasteiger partial charge on any atom is -0.357 e. The van der Waals surface area contributed by atoms with Crippen LogP contribution in [0.2, 0.25) is 0 Å². The molecule has 0 aliphatic heterocycles. The topological polar surface area (TPSA) is 41.5 Å². The number of carbonyl (C=O) groups is 1. The van der Waals surface area contributed by atoms with Crippen molar-refractivity contribution in [2.75, 3.05) is 7.05 Å². The zero-order valence-electron chi connectivity index (χ0n) is 6.06. The lowest BCUT2D eigenvalue weighted by atomic mass is 10.1. The summed E-state index contributed by atoms with van der Waals surface area (Å²) in [5, 5.41) is 2.48. The van der Waals surface area contributed by atoms with E-state index in [1.165, 1.54) is 0 Å². The molecule has 9 heavy (non-hydrogen) atoms. The molecule has 0 aliphatic rings. The summed E-state index contributed by atoms with van der Waals surface area (Å²) in [5.74, 6) is -0.113. The molecular weight excluding hydrogens is 116 g/mol. The quantitative estimate of drug-likeness (QED) is 0.531. The normalized spacial score (nSPS) is 10.6. The van der Waals surface area contributed by atoms with Crippen molar-refractivity contribution in [3.05, 3.63) is 0 Å². The molecule has 3 heteroatoms. The van der Waals surface area contributed by atoms with Gasteiger partial charge in [-0.1, -0.05) is 0 Å². The van der Waals surface area contributed by atoms with E-state index in [4.69, 9.17) is 0 Å². The first-order valence-electron chi connectivity index (χ1n) is 2.74. The van der Waals surface area contributed by atoms with Crippen molar-refractivity contribution in [2.24, 2.45) is 4.99 Å². The average Bonchev–Trinajstić information content (AvgIpc) is 1.86. The van der Waals surface area contributed by atoms with Crippen LogP contribution in [0, 0.1) is 0 Å². The lowest BCUT2D eigenvalue weighted by Crippen LogP contribution is -2.38. The number of amides is 1. The van der Waals surface area contributed by atoms with Crippen LogP contribution >= 0.6 is 0 Å². The largest absolute Gasteiger partial charge is 0.357 e. The molecule has 0 aromatic carbocycles. The molecule has 0 unspecified atom stereocenters. The van der Waals surface area contributed by atoms with E-state index in [-0.39, 0.29) is 5.91 Å². The zero-order chi connectivity index (χ0) is 7.49. The summed E-state index contributed by atoms with van der Waals surface area (Å²) >= 11 is 0. The van der Waals surface area contributed by atoms with E-state index >= 15 is 0 Å². The third kappa shape index (κ3) is 1.83. The molecule has 1 N–H and O–H groups in total. The molecule has 3 nitrogen and oxygen atoms in total. The van der Waals surface area contributed by atoms with Crippen LogP contribution in [0.3, 0.4) is 0 Å². The lowest BCUT2D eigenvalue weighted by Gasteiger charge is -2.15. The summed E-state index contributed by atoms with van der Waals surface area (Å²) in [5.41, 5.74) is -0.686. The van der Waals surface area contributed by atoms with Gasteiger partial charge in [0.2, 0.25) is 5.91 Å². The zero-order valence-corrected chi connectivity index (χ0v) is 6.06. The number of nitrogens with one attached hydrogen (secondary N) is 1. The van der Waals surface area contributed by atoms with Crippen LogP contribution in [0.15, 0.2) is 4.99 Å². The van der Waals surface area contributed by atoms with Gasteiger partial charge in [-0.25, -0.2) is 0 Å². The fourth-order valence-electron chi connectivity index (χ4n) is 0.378. The number of likely N-dealkylation sites (N-methyl/N-ethyl adjacent to an activating group) is 1. The van der Waals surface area contributed by atoms with Crippen LogP contribution < -0.4 is 5.32 Å². The molecule has 0 aromatic heterocycles. The molecule has 0 rings (SSSR count). The maximum atomic E-state index is 10.8. The third-order valence-electron chi connectivity index (χ3n) is 1.18. The SMILES string of the molecule is C=NC(C)(C)C(=O)NC. The molecule has 0 atom stereocenters. The molecule has 0 spiro atoms. The van der Waals surface area contributed by atoms with E-state index in [1.54, 1.807) is 20.9 Å². The number of hydrogen-bond acceptors (Lipinski definition) is 2. The summed E-state index contributed by atoms with van der Waals surface area (Å²) in [7, 11) is 1.58. The van der Waals surface area contributed by atoms with Gasteiger partial charge in [0.1, 0.15) is 5.54 Å². The molecule has 0 aliphatic carbocycles. The highest BCUT2D eigenvalue weighted by atomic mass is 16.2. The Bertz CT molecular complexity index is 129. The van der Waals surface area contributed by atoms with Gasteiger partial charge in [0, 0.05) is 7.05 Å². The molecule has 0 saturated carbocycles. The van der Waals surface area contributed by atoms with Crippen molar-refractivity contribution in [2.45, 2.75) is 19.4 Å². The van der Waals surface area contributed by atoms with Gasteiger partial charge in [-0.3, -0.25) is 9.79 Å². The smallest absolute Gasteiger partial charge is 0.247 e. The predicted molar refractivity (Wildman–Crippen MR) is 37.7 cm³/mol. The van der Waals surface area contributed by atoms with E-state index in [0.29, 0.717) is 0 Å². The second-order valence-corrected chi connectivity index (χ2v) is 2.30. The molecule has 0 fully saturated rings. The highest BCUT2D eigenvalue weighted by Crippen LogP contribution is 2.05. The van der Waals surface area contributed by atoms with Crippen molar-refractivity contribution in [3.8, 4) is 0 Å². The van der Waals surface area contributed by atoms with Crippen molar-refractivity contribution in [3.63, 3.8) is 0 Å². The summed E-state index contributed by atoms with van der Waals surface area (Å²) in [4.78, 5) is 14.4. The van der Waals surface area contributed by atoms with Crippen LogP contribution in [-0.2, 0) is 4.79 Å². The van der Waals surface area contributed by atoms with Crippen LogP contribution in [0.25, 0.3) is 0 Å². The Kier molecular flexibility index (Phi) is 2.37. The molecule has 0 radical (unpaired) electrons. The second kappa shape index (κ2) is 2.62. The minimum atomic E-state index is -0.686. The van der Waals surface area contributed by atoms with Gasteiger partial charge < -0.3 is 5.32 Å². The fourth-order valence-corrected chi connectivity index (χ4v) is 0.378. The van der Waals surface area contributed by atoms with Crippen molar-refractivity contribution in [1.82, 2.24) is 5.32 Å². The molecule has 52 valence electrons. The number of carbonyl (C=O) groups excluding carboxylic acids is 1. The third-order valence-corrected chi connectivity index (χ3v) is 1.18. The number of rotatable bonds is 2. The van der Waals surface area contributed by atoms with E-state index in [0.717, 1.165) is 0 Å². The lowest BCUT2D eigenvalue weighted by molar-refractivity contribution is -0.124. The first-order valence-corrected chi connectivity index (χ1v) is 2.74. The Morgan fingerprint density at radius 2 is 2.11 bits per heavy atom. The summed E-state index contributed by atoms with van der Waals surface area (Å²) < 4.78 is 0. The average molecular weight is 128 g/mol. The first-order chi connectivity index (χ1) is 4.04. The number of nitrogens with zero attached hydrogens (tertiary/aromatic N) is 1. The van der Waals surface area contributed by atoms with E-state index in [9.17, 15) is 4.79 Å². The molecule has 0 aromatic rings. The Labute approximate surface area is 55.2 Å². The van der Waals surface area contributed by atoms with Gasteiger partial charge in [0.25, 0.3) is 0 Å². The van der Waals surface area contributed by atoms with E-state index < -0.39 is 5.54 Å². The second-order valence-electron chi connectivity index (χ2n) is 2.30. The highest BCUT2D eigenvalue weighted by molar-refractivity contribution is 5.85. The Hall–Kier alpha value is -0.860. The summed E-state index contributed by atoms with van der Waals surface area (Å²) in [6.45, 7) is 6.70. The van der Waals surface area contributed by atoms with Crippen LogP contribution in [0.4, 0.5) is 0 Å². The predicted octanol–water partition coefficient (Wildman–Crippen LogP) is 0.212. The van der Waals surface area contributed by atoms with Crippen molar-refractivity contribution < 1.29 is 4.79 Å². The molecule has 0 heterocycles. The fraction of sp³-hybridized carbons (Fsp3) is 0.667. The van der Waals surface area contributed by atoms with Crippen LogP contribution in [0.5, 0.6) is 0 Å². The molecule has 0 saturated heterocycles. The summed E-state index contributed by atoms with van der Waals surface area (Å²) in [6.07, 6.45) is 0. The maximum absolute atomic E-state index is 10.8. The monoisotopic (exact) mass is 128 g/mol. The first kappa shape index (κ1) is 8.14. The van der Waals surface area contributed by atoms with Crippen molar-refractivity contribution in [1.29, 1.82) is 0 Å².